The zero-order valence-electron chi connectivity index (χ0n) is 10.2. The second-order valence-corrected chi connectivity index (χ2v) is 4.33. The molecule has 98 valence electrons. The molecule has 0 aromatic carbocycles. The van der Waals surface area contributed by atoms with Gasteiger partial charge < -0.3 is 10.1 Å². The lowest BCUT2D eigenvalue weighted by Gasteiger charge is -2.21. The van der Waals surface area contributed by atoms with Crippen molar-refractivity contribution in [2.24, 2.45) is 5.92 Å². The third-order valence-electron chi connectivity index (χ3n) is 2.44. The molecule has 0 fully saturated rings. The van der Waals surface area contributed by atoms with Crippen LogP contribution >= 0.6 is 0 Å². The van der Waals surface area contributed by atoms with Gasteiger partial charge in [-0.25, -0.2) is 0 Å². The van der Waals surface area contributed by atoms with E-state index < -0.39 is 12.6 Å². The Morgan fingerprint density at radius 3 is 2.25 bits per heavy atom. The number of alkyl halides is 3. The minimum Gasteiger partial charge on any atom is -0.383 e. The standard InChI is InChI=1S/C11H22F3NO/c1-9(2)10(8-16-3)15-7-5-4-6-11(12,13)14/h9-10,15H,4-8H2,1-3H3. The monoisotopic (exact) mass is 241 g/mol. The van der Waals surface area contributed by atoms with E-state index in [1.807, 2.05) is 0 Å². The van der Waals surface area contributed by atoms with E-state index in [1.165, 1.54) is 0 Å². The third-order valence-corrected chi connectivity index (χ3v) is 2.44. The number of methoxy groups -OCH3 is 1. The van der Waals surface area contributed by atoms with Gasteiger partial charge in [0, 0.05) is 19.6 Å². The minimum absolute atomic E-state index is 0.189. The van der Waals surface area contributed by atoms with Crippen LogP contribution < -0.4 is 5.32 Å². The summed E-state index contributed by atoms with van der Waals surface area (Å²) >= 11 is 0. The molecule has 5 heteroatoms. The number of rotatable bonds is 8. The molecule has 0 aliphatic carbocycles. The maximum atomic E-state index is 11.9. The zero-order chi connectivity index (χ0) is 12.6. The first-order valence-electron chi connectivity index (χ1n) is 5.66. The highest BCUT2D eigenvalue weighted by Gasteiger charge is 2.25. The maximum absolute atomic E-state index is 11.9. The summed E-state index contributed by atoms with van der Waals surface area (Å²) in [5, 5.41) is 3.21. The van der Waals surface area contributed by atoms with E-state index in [1.54, 1.807) is 7.11 Å². The van der Waals surface area contributed by atoms with Crippen LogP contribution in [0.2, 0.25) is 0 Å². The molecule has 0 heterocycles. The Balaban J connectivity index is 3.55. The van der Waals surface area contributed by atoms with E-state index in [4.69, 9.17) is 4.74 Å². The molecule has 0 rings (SSSR count). The molecule has 0 saturated carbocycles. The molecule has 0 aromatic rings. The minimum atomic E-state index is -4.02. The van der Waals surface area contributed by atoms with Gasteiger partial charge >= 0.3 is 6.18 Å². The molecule has 0 radical (unpaired) electrons. The van der Waals surface area contributed by atoms with Crippen molar-refractivity contribution in [3.05, 3.63) is 0 Å². The van der Waals surface area contributed by atoms with E-state index in [0.717, 1.165) is 0 Å². The lowest BCUT2D eigenvalue weighted by molar-refractivity contribution is -0.135. The largest absolute Gasteiger partial charge is 0.389 e. The SMILES string of the molecule is COCC(NCCCCC(F)(F)F)C(C)C. The van der Waals surface area contributed by atoms with Gasteiger partial charge in [-0.1, -0.05) is 13.8 Å². The summed E-state index contributed by atoms with van der Waals surface area (Å²) in [5.41, 5.74) is 0. The molecular weight excluding hydrogens is 219 g/mol. The molecule has 1 unspecified atom stereocenters. The van der Waals surface area contributed by atoms with Crippen LogP contribution in [0.1, 0.15) is 33.1 Å². The molecule has 0 spiro atoms. The normalized spacial score (nSPS) is 14.4. The van der Waals surface area contributed by atoms with Gasteiger partial charge in [0.25, 0.3) is 0 Å². The van der Waals surface area contributed by atoms with Gasteiger partial charge in [0.15, 0.2) is 0 Å². The number of hydrogen-bond acceptors (Lipinski definition) is 2. The van der Waals surface area contributed by atoms with Crippen molar-refractivity contribution in [2.45, 2.75) is 45.3 Å². The second-order valence-electron chi connectivity index (χ2n) is 4.33. The molecule has 2 nitrogen and oxygen atoms in total. The summed E-state index contributed by atoms with van der Waals surface area (Å²) in [5.74, 6) is 0.419. The van der Waals surface area contributed by atoms with E-state index in [2.05, 4.69) is 19.2 Å². The van der Waals surface area contributed by atoms with Crippen molar-refractivity contribution in [3.8, 4) is 0 Å². The maximum Gasteiger partial charge on any atom is 0.389 e. The Kier molecular flexibility index (Phi) is 7.76. The molecule has 1 N–H and O–H groups in total. The molecule has 0 saturated heterocycles. The van der Waals surface area contributed by atoms with Crippen molar-refractivity contribution in [1.82, 2.24) is 5.32 Å². The number of ether oxygens (including phenoxy) is 1. The fourth-order valence-electron chi connectivity index (χ4n) is 1.40. The van der Waals surface area contributed by atoms with E-state index >= 15 is 0 Å². The fourth-order valence-corrected chi connectivity index (χ4v) is 1.40. The predicted octanol–water partition coefficient (Wildman–Crippen LogP) is 2.98. The molecule has 0 aromatic heterocycles. The van der Waals surface area contributed by atoms with Crippen LogP contribution in [0, 0.1) is 5.92 Å². The Morgan fingerprint density at radius 2 is 1.81 bits per heavy atom. The summed E-state index contributed by atoms with van der Waals surface area (Å²) in [6.45, 7) is 5.33. The molecular formula is C11H22F3NO. The highest BCUT2D eigenvalue weighted by molar-refractivity contribution is 4.69. The Bertz CT molecular complexity index is 171. The third kappa shape index (κ3) is 8.97. The highest BCUT2D eigenvalue weighted by atomic mass is 19.4. The van der Waals surface area contributed by atoms with Crippen LogP contribution in [-0.2, 0) is 4.74 Å². The van der Waals surface area contributed by atoms with Crippen molar-refractivity contribution in [3.63, 3.8) is 0 Å². The number of halogens is 3. The van der Waals surface area contributed by atoms with E-state index in [-0.39, 0.29) is 12.5 Å². The average Bonchev–Trinajstić information content (AvgIpc) is 2.13. The van der Waals surface area contributed by atoms with Gasteiger partial charge in [0.05, 0.1) is 6.61 Å². The summed E-state index contributed by atoms with van der Waals surface area (Å²) in [6.07, 6.45) is -3.98. The second kappa shape index (κ2) is 7.90. The summed E-state index contributed by atoms with van der Waals surface area (Å²) in [4.78, 5) is 0. The Labute approximate surface area is 95.5 Å². The van der Waals surface area contributed by atoms with Crippen LogP contribution in [-0.4, -0.2) is 32.5 Å². The molecule has 1 atom stereocenters. The van der Waals surface area contributed by atoms with Crippen LogP contribution in [0.15, 0.2) is 0 Å². The summed E-state index contributed by atoms with van der Waals surface area (Å²) in [7, 11) is 1.63. The van der Waals surface area contributed by atoms with Gasteiger partial charge in [0.2, 0.25) is 0 Å². The van der Waals surface area contributed by atoms with Crippen molar-refractivity contribution >= 4 is 0 Å². The van der Waals surface area contributed by atoms with Crippen LogP contribution in [0.4, 0.5) is 13.2 Å². The quantitative estimate of drug-likeness (QED) is 0.660. The number of nitrogens with one attached hydrogen (secondary N) is 1. The van der Waals surface area contributed by atoms with Crippen molar-refractivity contribution in [2.75, 3.05) is 20.3 Å². The van der Waals surface area contributed by atoms with Crippen LogP contribution in [0.3, 0.4) is 0 Å². The first-order chi connectivity index (χ1) is 7.37. The highest BCUT2D eigenvalue weighted by Crippen LogP contribution is 2.21. The molecule has 0 bridgehead atoms. The molecule has 0 aliphatic heterocycles. The van der Waals surface area contributed by atoms with Gasteiger partial charge in [-0.15, -0.1) is 0 Å². The number of hydrogen-bond donors (Lipinski definition) is 1. The van der Waals surface area contributed by atoms with E-state index in [0.29, 0.717) is 25.5 Å². The predicted molar refractivity (Wildman–Crippen MR) is 58.4 cm³/mol. The molecule has 0 aliphatic rings. The van der Waals surface area contributed by atoms with E-state index in [9.17, 15) is 13.2 Å². The number of unbranched alkanes of at least 4 members (excludes halogenated alkanes) is 1. The summed E-state index contributed by atoms with van der Waals surface area (Å²) in [6, 6.07) is 0.218. The van der Waals surface area contributed by atoms with Crippen molar-refractivity contribution in [1.29, 1.82) is 0 Å². The van der Waals surface area contributed by atoms with Gasteiger partial charge in [-0.3, -0.25) is 0 Å². The fraction of sp³-hybridized carbons (Fsp3) is 1.00. The van der Waals surface area contributed by atoms with Crippen LogP contribution in [0.5, 0.6) is 0 Å². The molecule has 0 amide bonds. The van der Waals surface area contributed by atoms with Gasteiger partial charge in [0.1, 0.15) is 0 Å². The Morgan fingerprint density at radius 1 is 1.19 bits per heavy atom. The first-order valence-corrected chi connectivity index (χ1v) is 5.66. The Hall–Kier alpha value is -0.290. The zero-order valence-corrected chi connectivity index (χ0v) is 10.2. The molecule has 16 heavy (non-hydrogen) atoms. The smallest absolute Gasteiger partial charge is 0.383 e. The summed E-state index contributed by atoms with van der Waals surface area (Å²) < 4.78 is 40.6. The van der Waals surface area contributed by atoms with Crippen LogP contribution in [0.25, 0.3) is 0 Å². The van der Waals surface area contributed by atoms with Crippen molar-refractivity contribution < 1.29 is 17.9 Å². The lowest BCUT2D eigenvalue weighted by atomic mass is 10.1. The topological polar surface area (TPSA) is 21.3 Å². The lowest BCUT2D eigenvalue weighted by Crippen LogP contribution is -2.38. The van der Waals surface area contributed by atoms with Gasteiger partial charge in [-0.2, -0.15) is 13.2 Å². The first kappa shape index (κ1) is 15.7. The average molecular weight is 241 g/mol. The van der Waals surface area contributed by atoms with Gasteiger partial charge in [-0.05, 0) is 25.3 Å².